The summed E-state index contributed by atoms with van der Waals surface area (Å²) in [6.45, 7) is 8.28. The summed E-state index contributed by atoms with van der Waals surface area (Å²) in [5.74, 6) is -0.375. The molecular weight excluding hydrogens is 500 g/mol. The molecule has 0 bridgehead atoms. The van der Waals surface area contributed by atoms with E-state index in [1.165, 1.54) is 38.5 Å². The first-order valence-corrected chi connectivity index (χ1v) is 15.3. The minimum Gasteiger partial charge on any atom is -0.461 e. The van der Waals surface area contributed by atoms with Gasteiger partial charge in [-0.3, -0.25) is 9.59 Å². The molecule has 0 fully saturated rings. The van der Waals surface area contributed by atoms with Gasteiger partial charge in [0.15, 0.2) is 0 Å². The lowest BCUT2D eigenvalue weighted by atomic mass is 9.96. The fourth-order valence-corrected chi connectivity index (χ4v) is 4.68. The van der Waals surface area contributed by atoms with Crippen LogP contribution < -0.4 is 0 Å². The zero-order chi connectivity index (χ0) is 29.0. The molecule has 222 valence electrons. The maximum Gasteiger partial charge on any atom is 0.307 e. The maximum absolute atomic E-state index is 12.5. The van der Waals surface area contributed by atoms with Gasteiger partial charge in [0.05, 0.1) is 12.8 Å². The Morgan fingerprint density at radius 3 is 1.38 bits per heavy atom. The molecule has 0 aliphatic heterocycles. The third kappa shape index (κ3) is 13.6. The molecule has 0 radical (unpaired) electrons. The summed E-state index contributed by atoms with van der Waals surface area (Å²) in [6.07, 6.45) is 10.5. The largest absolute Gasteiger partial charge is 0.461 e. The molecule has 40 heavy (non-hydrogen) atoms. The van der Waals surface area contributed by atoms with Crippen molar-refractivity contribution in [2.24, 2.45) is 0 Å². The summed E-state index contributed by atoms with van der Waals surface area (Å²) in [7, 11) is 4.12. The summed E-state index contributed by atoms with van der Waals surface area (Å²) in [5.41, 5.74) is 3.85. The number of carbonyl (C=O) groups is 2. The molecule has 0 aliphatic carbocycles. The van der Waals surface area contributed by atoms with Crippen LogP contribution in [0.4, 0.5) is 0 Å². The first-order valence-electron chi connectivity index (χ1n) is 15.3. The second-order valence-corrected chi connectivity index (χ2v) is 10.9. The van der Waals surface area contributed by atoms with Crippen LogP contribution in [-0.2, 0) is 32.3 Å². The molecule has 2 aromatic carbocycles. The molecule has 0 atom stereocenters. The van der Waals surface area contributed by atoms with Gasteiger partial charge in [0.2, 0.25) is 0 Å². The fraction of sp³-hybridized carbons (Fsp3) is 0.588. The predicted octanol–water partition coefficient (Wildman–Crippen LogP) is 7.24. The predicted molar refractivity (Wildman–Crippen MR) is 164 cm³/mol. The molecule has 6 heteroatoms. The zero-order valence-corrected chi connectivity index (χ0v) is 25.5. The van der Waals surface area contributed by atoms with Gasteiger partial charge in [-0.1, -0.05) is 101 Å². The molecule has 0 heterocycles. The molecule has 2 aromatic rings. The van der Waals surface area contributed by atoms with Crippen LogP contribution in [0.1, 0.15) is 89.2 Å². The minimum absolute atomic E-state index is 0.187. The van der Waals surface area contributed by atoms with Crippen molar-refractivity contribution in [1.29, 1.82) is 0 Å². The van der Waals surface area contributed by atoms with E-state index in [4.69, 9.17) is 9.47 Å². The van der Waals surface area contributed by atoms with E-state index in [1.807, 2.05) is 48.5 Å². The van der Waals surface area contributed by atoms with Crippen molar-refractivity contribution >= 4 is 11.9 Å². The van der Waals surface area contributed by atoms with Gasteiger partial charge in [0.25, 0.3) is 0 Å². The van der Waals surface area contributed by atoms with Gasteiger partial charge < -0.3 is 19.3 Å². The highest BCUT2D eigenvalue weighted by atomic mass is 16.5. The molecule has 0 amide bonds. The Balaban J connectivity index is 1.87. The summed E-state index contributed by atoms with van der Waals surface area (Å²) < 4.78 is 11.3. The van der Waals surface area contributed by atoms with Crippen molar-refractivity contribution in [2.45, 2.75) is 91.3 Å². The Morgan fingerprint density at radius 2 is 0.975 bits per heavy atom. The van der Waals surface area contributed by atoms with Gasteiger partial charge in [-0.25, -0.2) is 0 Å². The van der Waals surface area contributed by atoms with E-state index in [0.717, 1.165) is 48.2 Å². The average Bonchev–Trinajstić information content (AvgIpc) is 2.97. The maximum atomic E-state index is 12.5. The fourth-order valence-electron chi connectivity index (χ4n) is 4.68. The Morgan fingerprint density at radius 1 is 0.575 bits per heavy atom. The molecule has 0 saturated heterocycles. The van der Waals surface area contributed by atoms with Crippen LogP contribution in [0.2, 0.25) is 0 Å². The van der Waals surface area contributed by atoms with Gasteiger partial charge in [0.1, 0.15) is 13.2 Å². The van der Waals surface area contributed by atoms with Gasteiger partial charge in [0, 0.05) is 13.1 Å². The van der Waals surface area contributed by atoms with Gasteiger partial charge in [-0.2, -0.15) is 0 Å². The van der Waals surface area contributed by atoms with Crippen molar-refractivity contribution in [3.05, 3.63) is 59.7 Å². The van der Waals surface area contributed by atoms with Crippen LogP contribution in [-0.4, -0.2) is 62.0 Å². The van der Waals surface area contributed by atoms with Gasteiger partial charge >= 0.3 is 11.9 Å². The standard InChI is InChI=1S/C34H52N2O4/c1-5-7-9-15-23-35(3)25-21-33(37)39-27-29-17-11-13-19-31(29)32-20-14-12-18-30(32)28-40-34(38)22-26-36(4)24-16-10-8-6-2/h11-14,17-20H,5-10,15-16,21-28H2,1-4H3. The second-order valence-electron chi connectivity index (χ2n) is 10.9. The topological polar surface area (TPSA) is 59.1 Å². The van der Waals surface area contributed by atoms with E-state index < -0.39 is 0 Å². The Hall–Kier alpha value is -2.70. The number of hydrogen-bond donors (Lipinski definition) is 0. The van der Waals surface area contributed by atoms with Crippen LogP contribution in [0.3, 0.4) is 0 Å². The van der Waals surface area contributed by atoms with E-state index in [9.17, 15) is 9.59 Å². The molecular formula is C34H52N2O4. The number of esters is 2. The summed E-state index contributed by atoms with van der Waals surface area (Å²) in [6, 6.07) is 15.9. The number of ether oxygens (including phenoxy) is 2. The van der Waals surface area contributed by atoms with Crippen molar-refractivity contribution in [3.8, 4) is 11.1 Å². The first kappa shape index (κ1) is 33.5. The molecule has 2 rings (SSSR count). The number of nitrogens with zero attached hydrogens (tertiary/aromatic N) is 2. The SMILES string of the molecule is CCCCCCN(C)CCC(=O)OCc1ccccc1-c1ccccc1COC(=O)CCN(C)CCCCCC. The molecule has 0 aromatic heterocycles. The monoisotopic (exact) mass is 552 g/mol. The third-order valence-corrected chi connectivity index (χ3v) is 7.28. The lowest BCUT2D eigenvalue weighted by Crippen LogP contribution is -2.23. The van der Waals surface area contributed by atoms with Gasteiger partial charge in [-0.15, -0.1) is 0 Å². The number of rotatable bonds is 21. The number of hydrogen-bond acceptors (Lipinski definition) is 6. The van der Waals surface area contributed by atoms with Crippen molar-refractivity contribution in [3.63, 3.8) is 0 Å². The smallest absolute Gasteiger partial charge is 0.307 e. The zero-order valence-electron chi connectivity index (χ0n) is 25.5. The van der Waals surface area contributed by atoms with Gasteiger partial charge in [-0.05, 0) is 62.3 Å². The van der Waals surface area contributed by atoms with E-state index in [2.05, 4.69) is 37.7 Å². The van der Waals surface area contributed by atoms with Crippen LogP contribution >= 0.6 is 0 Å². The van der Waals surface area contributed by atoms with Crippen molar-refractivity contribution in [1.82, 2.24) is 9.80 Å². The second kappa shape index (κ2) is 20.2. The van der Waals surface area contributed by atoms with E-state index in [0.29, 0.717) is 25.9 Å². The Kier molecular flexibility index (Phi) is 16.9. The summed E-state index contributed by atoms with van der Waals surface area (Å²) in [4.78, 5) is 29.4. The highest BCUT2D eigenvalue weighted by molar-refractivity contribution is 5.73. The normalized spacial score (nSPS) is 11.2. The van der Waals surface area contributed by atoms with Crippen molar-refractivity contribution in [2.75, 3.05) is 40.3 Å². The molecule has 0 saturated carbocycles. The third-order valence-electron chi connectivity index (χ3n) is 7.28. The van der Waals surface area contributed by atoms with E-state index in [1.54, 1.807) is 0 Å². The molecule has 6 nitrogen and oxygen atoms in total. The van der Waals surface area contributed by atoms with Crippen LogP contribution in [0.25, 0.3) is 11.1 Å². The minimum atomic E-state index is -0.187. The molecule has 0 N–H and O–H groups in total. The Labute approximate surface area is 243 Å². The van der Waals surface area contributed by atoms with E-state index >= 15 is 0 Å². The van der Waals surface area contributed by atoms with Crippen LogP contribution in [0.15, 0.2) is 48.5 Å². The van der Waals surface area contributed by atoms with Crippen molar-refractivity contribution < 1.29 is 19.1 Å². The number of benzene rings is 2. The Bertz CT molecular complexity index is 914. The molecule has 0 aliphatic rings. The van der Waals surface area contributed by atoms with Crippen LogP contribution in [0.5, 0.6) is 0 Å². The summed E-state index contributed by atoms with van der Waals surface area (Å²) >= 11 is 0. The highest BCUT2D eigenvalue weighted by Gasteiger charge is 2.14. The number of carbonyl (C=O) groups excluding carboxylic acids is 2. The lowest BCUT2D eigenvalue weighted by Gasteiger charge is -2.17. The average molecular weight is 553 g/mol. The molecule has 0 unspecified atom stereocenters. The summed E-state index contributed by atoms with van der Waals surface area (Å²) in [5, 5.41) is 0. The van der Waals surface area contributed by atoms with E-state index in [-0.39, 0.29) is 25.2 Å². The first-order chi connectivity index (χ1) is 19.4. The van der Waals surface area contributed by atoms with Crippen LogP contribution in [0, 0.1) is 0 Å². The highest BCUT2D eigenvalue weighted by Crippen LogP contribution is 2.28. The molecule has 0 spiro atoms. The number of unbranched alkanes of at least 4 members (excludes halogenated alkanes) is 6. The lowest BCUT2D eigenvalue weighted by molar-refractivity contribution is -0.146. The quantitative estimate of drug-likeness (QED) is 0.120.